The standard InChI is InChI=1S/C17H15ClN6O2/c1-10-3-4-11(2)13(7-10)22-16-15(24(25)26)17(21-9-20-16)23-14-6-5-12(18)8-19-14/h3-9H,1-2H3,(H2,19,20,21,22,23). The fourth-order valence-electron chi connectivity index (χ4n) is 2.30. The molecular weight excluding hydrogens is 356 g/mol. The zero-order valence-corrected chi connectivity index (χ0v) is 14.8. The summed E-state index contributed by atoms with van der Waals surface area (Å²) in [5, 5.41) is 18.0. The minimum Gasteiger partial charge on any atom is -0.334 e. The van der Waals surface area contributed by atoms with Gasteiger partial charge in [0, 0.05) is 11.9 Å². The molecule has 132 valence electrons. The summed E-state index contributed by atoms with van der Waals surface area (Å²) in [4.78, 5) is 23.2. The van der Waals surface area contributed by atoms with Crippen molar-refractivity contribution in [3.05, 3.63) is 69.1 Å². The average Bonchev–Trinajstić information content (AvgIpc) is 2.60. The number of hydrogen-bond donors (Lipinski definition) is 2. The largest absolute Gasteiger partial charge is 0.353 e. The highest BCUT2D eigenvalue weighted by Gasteiger charge is 2.24. The third-order valence-corrected chi connectivity index (χ3v) is 3.85. The van der Waals surface area contributed by atoms with Crippen LogP contribution in [0.5, 0.6) is 0 Å². The first-order valence-electron chi connectivity index (χ1n) is 7.66. The molecule has 2 heterocycles. The number of halogens is 1. The minimum absolute atomic E-state index is 0.0348. The molecule has 0 spiro atoms. The number of aromatic nitrogens is 3. The molecule has 3 rings (SSSR count). The molecule has 0 atom stereocenters. The number of nitro groups is 1. The van der Waals surface area contributed by atoms with Crippen LogP contribution in [0.25, 0.3) is 0 Å². The lowest BCUT2D eigenvalue weighted by atomic mass is 10.1. The SMILES string of the molecule is Cc1ccc(C)c(Nc2ncnc(Nc3ccc(Cl)cn3)c2[N+](=O)[O-])c1. The molecule has 2 aromatic heterocycles. The number of nitrogens with one attached hydrogen (secondary N) is 2. The van der Waals surface area contributed by atoms with E-state index in [2.05, 4.69) is 25.6 Å². The van der Waals surface area contributed by atoms with E-state index in [0.29, 0.717) is 10.8 Å². The predicted octanol–water partition coefficient (Wildman–Crippen LogP) is 4.54. The van der Waals surface area contributed by atoms with E-state index >= 15 is 0 Å². The van der Waals surface area contributed by atoms with Gasteiger partial charge in [-0.2, -0.15) is 0 Å². The molecule has 0 aliphatic rings. The van der Waals surface area contributed by atoms with Gasteiger partial charge < -0.3 is 10.6 Å². The van der Waals surface area contributed by atoms with Crippen molar-refractivity contribution in [1.82, 2.24) is 15.0 Å². The van der Waals surface area contributed by atoms with E-state index in [0.717, 1.165) is 16.8 Å². The van der Waals surface area contributed by atoms with Crippen molar-refractivity contribution in [2.24, 2.45) is 0 Å². The number of pyridine rings is 1. The van der Waals surface area contributed by atoms with Crippen molar-refractivity contribution in [3.8, 4) is 0 Å². The Hall–Kier alpha value is -3.26. The molecule has 1 aromatic carbocycles. The van der Waals surface area contributed by atoms with Crippen LogP contribution in [-0.4, -0.2) is 19.9 Å². The second kappa shape index (κ2) is 7.32. The third kappa shape index (κ3) is 3.86. The number of benzene rings is 1. The maximum atomic E-state index is 11.6. The van der Waals surface area contributed by atoms with Gasteiger partial charge in [0.15, 0.2) is 0 Å². The molecule has 0 aliphatic heterocycles. The van der Waals surface area contributed by atoms with E-state index in [-0.39, 0.29) is 17.3 Å². The van der Waals surface area contributed by atoms with Gasteiger partial charge in [0.1, 0.15) is 12.1 Å². The molecule has 0 saturated heterocycles. The Balaban J connectivity index is 1.99. The molecule has 2 N–H and O–H groups in total. The maximum Gasteiger partial charge on any atom is 0.353 e. The molecule has 3 aromatic rings. The topological polar surface area (TPSA) is 106 Å². The third-order valence-electron chi connectivity index (χ3n) is 3.62. The highest BCUT2D eigenvalue weighted by molar-refractivity contribution is 6.30. The number of hydrogen-bond acceptors (Lipinski definition) is 7. The van der Waals surface area contributed by atoms with Crippen LogP contribution >= 0.6 is 11.6 Å². The number of aryl methyl sites for hydroxylation is 2. The fourth-order valence-corrected chi connectivity index (χ4v) is 2.42. The van der Waals surface area contributed by atoms with Gasteiger partial charge in [-0.05, 0) is 43.2 Å². The molecular formula is C17H15ClN6O2. The van der Waals surface area contributed by atoms with E-state index in [1.807, 2.05) is 32.0 Å². The number of nitrogens with zero attached hydrogens (tertiary/aromatic N) is 4. The molecule has 0 radical (unpaired) electrons. The van der Waals surface area contributed by atoms with Crippen LogP contribution in [-0.2, 0) is 0 Å². The number of anilines is 4. The fraction of sp³-hybridized carbons (Fsp3) is 0.118. The van der Waals surface area contributed by atoms with Gasteiger partial charge in [0.2, 0.25) is 11.6 Å². The van der Waals surface area contributed by atoms with Crippen LogP contribution in [0.1, 0.15) is 11.1 Å². The molecule has 0 fully saturated rings. The highest BCUT2D eigenvalue weighted by Crippen LogP contribution is 2.33. The van der Waals surface area contributed by atoms with Gasteiger partial charge in [-0.3, -0.25) is 10.1 Å². The first kappa shape index (κ1) is 17.6. The van der Waals surface area contributed by atoms with Crippen molar-refractivity contribution in [1.29, 1.82) is 0 Å². The Morgan fingerprint density at radius 2 is 1.77 bits per heavy atom. The van der Waals surface area contributed by atoms with Crippen molar-refractivity contribution in [2.75, 3.05) is 10.6 Å². The first-order chi connectivity index (χ1) is 12.4. The second-order valence-corrected chi connectivity index (χ2v) is 6.04. The van der Waals surface area contributed by atoms with Gasteiger partial charge in [-0.15, -0.1) is 0 Å². The lowest BCUT2D eigenvalue weighted by Crippen LogP contribution is -2.06. The van der Waals surface area contributed by atoms with E-state index in [4.69, 9.17) is 11.6 Å². The van der Waals surface area contributed by atoms with E-state index in [1.165, 1.54) is 12.5 Å². The van der Waals surface area contributed by atoms with E-state index < -0.39 is 4.92 Å². The Labute approximate surface area is 154 Å². The monoisotopic (exact) mass is 370 g/mol. The van der Waals surface area contributed by atoms with Gasteiger partial charge in [-0.1, -0.05) is 23.7 Å². The Morgan fingerprint density at radius 3 is 2.42 bits per heavy atom. The summed E-state index contributed by atoms with van der Waals surface area (Å²) in [5.41, 5.74) is 2.43. The second-order valence-electron chi connectivity index (χ2n) is 5.61. The van der Waals surface area contributed by atoms with Crippen LogP contribution in [0.3, 0.4) is 0 Å². The lowest BCUT2D eigenvalue weighted by molar-refractivity contribution is -0.383. The van der Waals surface area contributed by atoms with Crippen molar-refractivity contribution >= 4 is 40.4 Å². The normalized spacial score (nSPS) is 10.4. The number of rotatable bonds is 5. The molecule has 0 aliphatic carbocycles. The highest BCUT2D eigenvalue weighted by atomic mass is 35.5. The maximum absolute atomic E-state index is 11.6. The summed E-state index contributed by atoms with van der Waals surface area (Å²) in [6.45, 7) is 3.85. The predicted molar refractivity (Wildman–Crippen MR) is 100 cm³/mol. The van der Waals surface area contributed by atoms with Gasteiger partial charge in [0.25, 0.3) is 0 Å². The molecule has 26 heavy (non-hydrogen) atoms. The first-order valence-corrected chi connectivity index (χ1v) is 8.04. The van der Waals surface area contributed by atoms with Gasteiger partial charge in [-0.25, -0.2) is 15.0 Å². The molecule has 0 saturated carbocycles. The minimum atomic E-state index is -0.536. The Morgan fingerprint density at radius 1 is 1.04 bits per heavy atom. The summed E-state index contributed by atoms with van der Waals surface area (Å²) < 4.78 is 0. The van der Waals surface area contributed by atoms with Crippen molar-refractivity contribution < 1.29 is 4.92 Å². The summed E-state index contributed by atoms with van der Waals surface area (Å²) in [6.07, 6.45) is 2.69. The molecule has 9 heteroatoms. The molecule has 0 bridgehead atoms. The summed E-state index contributed by atoms with van der Waals surface area (Å²) in [7, 11) is 0. The van der Waals surface area contributed by atoms with E-state index in [1.54, 1.807) is 12.1 Å². The molecule has 8 nitrogen and oxygen atoms in total. The van der Waals surface area contributed by atoms with Crippen molar-refractivity contribution in [3.63, 3.8) is 0 Å². The van der Waals surface area contributed by atoms with Crippen molar-refractivity contribution in [2.45, 2.75) is 13.8 Å². The molecule has 0 unspecified atom stereocenters. The van der Waals surface area contributed by atoms with Crippen LogP contribution in [0, 0.1) is 24.0 Å². The van der Waals surface area contributed by atoms with Crippen LogP contribution < -0.4 is 10.6 Å². The zero-order chi connectivity index (χ0) is 18.7. The molecule has 0 amide bonds. The summed E-state index contributed by atoms with van der Waals surface area (Å²) in [6, 6.07) is 9.02. The Bertz CT molecular complexity index is 962. The van der Waals surface area contributed by atoms with Crippen LogP contribution in [0.15, 0.2) is 42.9 Å². The van der Waals surface area contributed by atoms with Crippen LogP contribution in [0.4, 0.5) is 28.8 Å². The summed E-state index contributed by atoms with van der Waals surface area (Å²) >= 11 is 5.81. The average molecular weight is 371 g/mol. The zero-order valence-electron chi connectivity index (χ0n) is 14.0. The lowest BCUT2D eigenvalue weighted by Gasteiger charge is -2.12. The van der Waals surface area contributed by atoms with Gasteiger partial charge >= 0.3 is 5.69 Å². The quantitative estimate of drug-likeness (QED) is 0.501. The Kier molecular flexibility index (Phi) is 4.94. The summed E-state index contributed by atoms with van der Waals surface area (Å²) in [5.74, 6) is 0.511. The van der Waals surface area contributed by atoms with Gasteiger partial charge in [0.05, 0.1) is 9.95 Å². The van der Waals surface area contributed by atoms with Crippen LogP contribution in [0.2, 0.25) is 5.02 Å². The van der Waals surface area contributed by atoms with E-state index in [9.17, 15) is 10.1 Å². The smallest absolute Gasteiger partial charge is 0.334 e.